The van der Waals surface area contributed by atoms with Gasteiger partial charge in [-0.3, -0.25) is 9.59 Å². The van der Waals surface area contributed by atoms with Gasteiger partial charge in [-0.05, 0) is 49.4 Å². The van der Waals surface area contributed by atoms with Crippen LogP contribution in [0.2, 0.25) is 0 Å². The van der Waals surface area contributed by atoms with Gasteiger partial charge in [0.2, 0.25) is 5.91 Å². The molecule has 0 unspecified atom stereocenters. The number of carbonyl (C=O) groups excluding carboxylic acids is 2. The molecule has 0 spiro atoms. The molecule has 0 aromatic heterocycles. The molecule has 0 radical (unpaired) electrons. The summed E-state index contributed by atoms with van der Waals surface area (Å²) in [5.74, 6) is 0.699. The lowest BCUT2D eigenvalue weighted by Crippen LogP contribution is -2.50. The number of nitrogens with zero attached hydrogens (tertiary/aromatic N) is 1. The summed E-state index contributed by atoms with van der Waals surface area (Å²) in [7, 11) is 0. The van der Waals surface area contributed by atoms with Crippen molar-refractivity contribution in [3.05, 3.63) is 65.7 Å². The predicted molar refractivity (Wildman–Crippen MR) is 120 cm³/mol. The van der Waals surface area contributed by atoms with E-state index in [1.54, 1.807) is 11.8 Å². The zero-order valence-corrected chi connectivity index (χ0v) is 18.7. The molecule has 2 rings (SSSR count). The molecule has 162 valence electrons. The van der Waals surface area contributed by atoms with E-state index in [-0.39, 0.29) is 24.5 Å². The van der Waals surface area contributed by atoms with Crippen LogP contribution in [0.1, 0.15) is 58.1 Å². The van der Waals surface area contributed by atoms with Crippen molar-refractivity contribution in [3.8, 4) is 5.75 Å². The van der Waals surface area contributed by atoms with Crippen LogP contribution < -0.4 is 10.1 Å². The van der Waals surface area contributed by atoms with Crippen LogP contribution in [0, 0.1) is 0 Å². The summed E-state index contributed by atoms with van der Waals surface area (Å²) in [4.78, 5) is 27.3. The van der Waals surface area contributed by atoms with E-state index in [2.05, 4.69) is 19.2 Å². The lowest BCUT2D eigenvalue weighted by Gasteiger charge is -2.29. The Morgan fingerprint density at radius 1 is 0.967 bits per heavy atom. The Balaban J connectivity index is 2.09. The molecule has 0 aliphatic heterocycles. The lowest BCUT2D eigenvalue weighted by molar-refractivity contribution is -0.142. The van der Waals surface area contributed by atoms with Gasteiger partial charge < -0.3 is 15.0 Å². The van der Waals surface area contributed by atoms with Crippen LogP contribution in [0.4, 0.5) is 0 Å². The van der Waals surface area contributed by atoms with E-state index in [9.17, 15) is 9.59 Å². The highest BCUT2D eigenvalue weighted by atomic mass is 16.5. The summed E-state index contributed by atoms with van der Waals surface area (Å²) >= 11 is 0. The summed E-state index contributed by atoms with van der Waals surface area (Å²) in [6.45, 7) is 10.2. The molecule has 0 aliphatic rings. The van der Waals surface area contributed by atoms with Gasteiger partial charge >= 0.3 is 0 Å². The average Bonchev–Trinajstić information content (AvgIpc) is 2.76. The van der Waals surface area contributed by atoms with Gasteiger partial charge in [0, 0.05) is 12.6 Å². The maximum atomic E-state index is 13.0. The van der Waals surface area contributed by atoms with Gasteiger partial charge in [-0.1, -0.05) is 63.2 Å². The highest BCUT2D eigenvalue weighted by Crippen LogP contribution is 2.19. The quantitative estimate of drug-likeness (QED) is 0.626. The molecule has 0 saturated carbocycles. The number of carbonyl (C=O) groups is 2. The largest absolute Gasteiger partial charge is 0.484 e. The van der Waals surface area contributed by atoms with Crippen molar-refractivity contribution >= 4 is 11.8 Å². The summed E-state index contributed by atoms with van der Waals surface area (Å²) in [5, 5.41) is 2.97. The van der Waals surface area contributed by atoms with Crippen LogP contribution in [0.15, 0.2) is 54.6 Å². The first-order valence-corrected chi connectivity index (χ1v) is 10.7. The number of benzene rings is 2. The van der Waals surface area contributed by atoms with E-state index in [0.29, 0.717) is 18.2 Å². The van der Waals surface area contributed by atoms with E-state index in [0.717, 1.165) is 12.0 Å². The Morgan fingerprint density at radius 2 is 1.60 bits per heavy atom. The van der Waals surface area contributed by atoms with Crippen LogP contribution in [0.3, 0.4) is 0 Å². The Bertz CT molecular complexity index is 803. The second kappa shape index (κ2) is 11.4. The topological polar surface area (TPSA) is 58.6 Å². The number of amides is 2. The van der Waals surface area contributed by atoms with E-state index < -0.39 is 6.04 Å². The second-order valence-corrected chi connectivity index (χ2v) is 8.01. The fourth-order valence-corrected chi connectivity index (χ4v) is 3.01. The third-order valence-electron chi connectivity index (χ3n) is 5.27. The van der Waals surface area contributed by atoms with E-state index in [4.69, 9.17) is 4.74 Å². The first-order valence-electron chi connectivity index (χ1n) is 10.7. The van der Waals surface area contributed by atoms with E-state index in [1.807, 2.05) is 68.4 Å². The van der Waals surface area contributed by atoms with Crippen molar-refractivity contribution < 1.29 is 14.3 Å². The predicted octanol–water partition coefficient (Wildman–Crippen LogP) is 4.52. The number of hydrogen-bond acceptors (Lipinski definition) is 3. The molecule has 0 fully saturated rings. The summed E-state index contributed by atoms with van der Waals surface area (Å²) < 4.78 is 5.73. The minimum Gasteiger partial charge on any atom is -0.484 e. The minimum atomic E-state index is -0.598. The molecule has 30 heavy (non-hydrogen) atoms. The monoisotopic (exact) mass is 410 g/mol. The van der Waals surface area contributed by atoms with Crippen molar-refractivity contribution in [1.82, 2.24) is 10.2 Å². The Morgan fingerprint density at radius 3 is 2.17 bits per heavy atom. The summed E-state index contributed by atoms with van der Waals surface area (Å²) in [5.41, 5.74) is 2.19. The van der Waals surface area contributed by atoms with Crippen LogP contribution in [-0.2, 0) is 16.1 Å². The number of nitrogens with one attached hydrogen (secondary N) is 1. The highest BCUT2D eigenvalue weighted by molar-refractivity contribution is 5.88. The zero-order chi connectivity index (χ0) is 22.1. The van der Waals surface area contributed by atoms with Crippen LogP contribution in [0.5, 0.6) is 5.75 Å². The molecule has 2 amide bonds. The second-order valence-electron chi connectivity index (χ2n) is 8.01. The first-order chi connectivity index (χ1) is 14.3. The van der Waals surface area contributed by atoms with E-state index in [1.165, 1.54) is 5.56 Å². The van der Waals surface area contributed by atoms with Crippen molar-refractivity contribution in [2.24, 2.45) is 0 Å². The van der Waals surface area contributed by atoms with Gasteiger partial charge in [-0.15, -0.1) is 0 Å². The Kier molecular flexibility index (Phi) is 8.90. The van der Waals surface area contributed by atoms with Crippen LogP contribution in [-0.4, -0.2) is 35.4 Å². The molecular formula is C25H34N2O3. The van der Waals surface area contributed by atoms with Crippen molar-refractivity contribution in [2.75, 3.05) is 6.61 Å². The molecule has 0 heterocycles. The van der Waals surface area contributed by atoms with Gasteiger partial charge in [0.1, 0.15) is 11.8 Å². The molecule has 2 atom stereocenters. The van der Waals surface area contributed by atoms with E-state index >= 15 is 0 Å². The molecule has 5 heteroatoms. The number of rotatable bonds is 10. The Labute approximate surface area is 180 Å². The molecule has 1 N–H and O–H groups in total. The maximum Gasteiger partial charge on any atom is 0.261 e. The molecular weight excluding hydrogens is 376 g/mol. The third kappa shape index (κ3) is 6.90. The standard InChI is InChI=1S/C25H34N2O3/c1-6-19(4)26-25(29)20(5)27(16-21-10-8-7-9-11-21)24(28)17-30-23-14-12-22(13-15-23)18(2)3/h7-15,18-20H,6,16-17H2,1-5H3,(H,26,29)/t19-,20-/m0/s1. The molecule has 0 aliphatic carbocycles. The molecule has 0 saturated heterocycles. The van der Waals surface area contributed by atoms with Crippen molar-refractivity contribution in [1.29, 1.82) is 0 Å². The number of hydrogen-bond donors (Lipinski definition) is 1. The summed E-state index contributed by atoms with van der Waals surface area (Å²) in [6, 6.07) is 16.9. The lowest BCUT2D eigenvalue weighted by atomic mass is 10.0. The SMILES string of the molecule is CC[C@H](C)NC(=O)[C@H](C)N(Cc1ccccc1)C(=O)COc1ccc(C(C)C)cc1. The minimum absolute atomic E-state index is 0.0596. The summed E-state index contributed by atoms with van der Waals surface area (Å²) in [6.07, 6.45) is 0.834. The molecule has 2 aromatic rings. The van der Waals surface area contributed by atoms with Crippen molar-refractivity contribution in [3.63, 3.8) is 0 Å². The number of ether oxygens (including phenoxy) is 1. The normalized spacial score (nSPS) is 12.9. The smallest absolute Gasteiger partial charge is 0.261 e. The molecule has 0 bridgehead atoms. The molecule has 2 aromatic carbocycles. The Hall–Kier alpha value is -2.82. The van der Waals surface area contributed by atoms with Gasteiger partial charge in [-0.2, -0.15) is 0 Å². The van der Waals surface area contributed by atoms with Gasteiger partial charge in [0.25, 0.3) is 5.91 Å². The highest BCUT2D eigenvalue weighted by Gasteiger charge is 2.27. The first kappa shape index (κ1) is 23.5. The fraction of sp³-hybridized carbons (Fsp3) is 0.440. The van der Waals surface area contributed by atoms with Crippen LogP contribution >= 0.6 is 0 Å². The molecule has 5 nitrogen and oxygen atoms in total. The fourth-order valence-electron chi connectivity index (χ4n) is 3.01. The zero-order valence-electron chi connectivity index (χ0n) is 18.7. The van der Waals surface area contributed by atoms with Crippen LogP contribution in [0.25, 0.3) is 0 Å². The van der Waals surface area contributed by atoms with Gasteiger partial charge in [0.05, 0.1) is 0 Å². The van der Waals surface area contributed by atoms with Gasteiger partial charge in [0.15, 0.2) is 6.61 Å². The average molecular weight is 411 g/mol. The van der Waals surface area contributed by atoms with Crippen molar-refractivity contribution in [2.45, 2.75) is 65.6 Å². The van der Waals surface area contributed by atoms with Gasteiger partial charge in [-0.25, -0.2) is 0 Å². The third-order valence-corrected chi connectivity index (χ3v) is 5.27. The maximum absolute atomic E-state index is 13.0.